The number of amides is 3. The SMILES string of the molecule is NC(=O)CCCC(=O)N1CC2CC(c3ccc(CCCOc4c(F)ccc(F)c4F)cc3)=C(C(=O)N(Cc3ccccc3)C3CC3)C(C1)N2. The van der Waals surface area contributed by atoms with Gasteiger partial charge in [-0.05, 0) is 72.9 Å². The summed E-state index contributed by atoms with van der Waals surface area (Å²) in [6.07, 6.45) is 4.25. The van der Waals surface area contributed by atoms with Crippen LogP contribution in [-0.2, 0) is 27.3 Å². The van der Waals surface area contributed by atoms with Crippen molar-refractivity contribution in [2.75, 3.05) is 19.7 Å². The van der Waals surface area contributed by atoms with Crippen LogP contribution in [0.1, 0.15) is 61.6 Å². The molecule has 3 aromatic carbocycles. The number of rotatable bonds is 14. The number of ether oxygens (including phenoxy) is 1. The van der Waals surface area contributed by atoms with Crippen molar-refractivity contribution in [1.82, 2.24) is 15.1 Å². The molecule has 49 heavy (non-hydrogen) atoms. The molecule has 2 fully saturated rings. The Bertz CT molecular complexity index is 1710. The van der Waals surface area contributed by atoms with Gasteiger partial charge in [0.2, 0.25) is 17.6 Å². The highest BCUT2D eigenvalue weighted by molar-refractivity contribution is 6.03. The maximum absolute atomic E-state index is 14.6. The summed E-state index contributed by atoms with van der Waals surface area (Å²) < 4.78 is 46.6. The van der Waals surface area contributed by atoms with Gasteiger partial charge in [0.1, 0.15) is 0 Å². The van der Waals surface area contributed by atoms with Crippen molar-refractivity contribution >= 4 is 23.3 Å². The molecule has 6 rings (SSSR count). The number of primary amides is 1. The van der Waals surface area contributed by atoms with Crippen molar-refractivity contribution in [1.29, 1.82) is 0 Å². The van der Waals surface area contributed by atoms with Crippen molar-refractivity contribution in [3.63, 3.8) is 0 Å². The fraction of sp³-hybridized carbons (Fsp3) is 0.395. The minimum Gasteiger partial charge on any atom is -0.488 e. The third kappa shape index (κ3) is 8.33. The van der Waals surface area contributed by atoms with Crippen LogP contribution in [0, 0.1) is 17.5 Å². The standard InChI is InChI=1S/C38H41F3N4O4/c39-30-17-18-31(40)37(36(30)41)49-19-5-8-24-11-13-26(14-12-24)29-20-27-22-44(34(47)10-4-9-33(42)46)23-32(43-27)35(29)38(48)45(28-15-16-28)21-25-6-2-1-3-7-25/h1-3,6-7,11-14,17-18,27-28,32,43H,4-5,8-10,15-16,19-23H2,(H2,42,46). The summed E-state index contributed by atoms with van der Waals surface area (Å²) >= 11 is 0. The highest BCUT2D eigenvalue weighted by Gasteiger charge is 2.43. The van der Waals surface area contributed by atoms with Gasteiger partial charge in [-0.2, -0.15) is 4.39 Å². The lowest BCUT2D eigenvalue weighted by atomic mass is 9.82. The summed E-state index contributed by atoms with van der Waals surface area (Å²) in [6, 6.07) is 19.2. The third-order valence-electron chi connectivity index (χ3n) is 9.41. The van der Waals surface area contributed by atoms with Crippen LogP contribution in [0.15, 0.2) is 72.3 Å². The Morgan fingerprint density at radius 1 is 0.878 bits per heavy atom. The number of hydrogen-bond donors (Lipinski definition) is 2. The van der Waals surface area contributed by atoms with Gasteiger partial charge in [-0.3, -0.25) is 14.4 Å². The molecule has 2 atom stereocenters. The van der Waals surface area contributed by atoms with Crippen LogP contribution in [0.2, 0.25) is 0 Å². The molecule has 2 unspecified atom stereocenters. The Labute approximate surface area is 284 Å². The van der Waals surface area contributed by atoms with Gasteiger partial charge in [0.15, 0.2) is 17.4 Å². The van der Waals surface area contributed by atoms with Crippen LogP contribution in [-0.4, -0.2) is 65.3 Å². The summed E-state index contributed by atoms with van der Waals surface area (Å²) in [6.45, 7) is 1.36. The predicted molar refractivity (Wildman–Crippen MR) is 178 cm³/mol. The smallest absolute Gasteiger partial charge is 0.252 e. The number of halogens is 3. The van der Waals surface area contributed by atoms with E-state index in [-0.39, 0.29) is 49.4 Å². The van der Waals surface area contributed by atoms with Gasteiger partial charge >= 0.3 is 0 Å². The lowest BCUT2D eigenvalue weighted by molar-refractivity contribution is -0.134. The highest BCUT2D eigenvalue weighted by Crippen LogP contribution is 2.37. The zero-order valence-electron chi connectivity index (χ0n) is 27.3. The molecule has 1 saturated carbocycles. The van der Waals surface area contributed by atoms with Gasteiger partial charge in [-0.25, -0.2) is 8.78 Å². The minimum absolute atomic E-state index is 0.00798. The van der Waals surface area contributed by atoms with E-state index in [2.05, 4.69) is 5.32 Å². The van der Waals surface area contributed by atoms with Crippen molar-refractivity contribution in [2.24, 2.45) is 5.73 Å². The normalized spacial score (nSPS) is 18.7. The number of benzene rings is 3. The van der Waals surface area contributed by atoms with Crippen molar-refractivity contribution in [3.05, 3.63) is 106 Å². The van der Waals surface area contributed by atoms with E-state index in [0.717, 1.165) is 47.2 Å². The minimum atomic E-state index is -1.34. The zero-order valence-corrected chi connectivity index (χ0v) is 27.3. The van der Waals surface area contributed by atoms with E-state index in [9.17, 15) is 27.6 Å². The topological polar surface area (TPSA) is 105 Å². The van der Waals surface area contributed by atoms with E-state index in [1.165, 1.54) is 0 Å². The van der Waals surface area contributed by atoms with Crippen LogP contribution in [0.5, 0.6) is 5.75 Å². The molecule has 3 amide bonds. The molecule has 0 spiro atoms. The third-order valence-corrected chi connectivity index (χ3v) is 9.41. The number of aryl methyl sites for hydroxylation is 1. The van der Waals surface area contributed by atoms with Crippen molar-refractivity contribution in [2.45, 2.75) is 76.0 Å². The highest BCUT2D eigenvalue weighted by atomic mass is 19.2. The summed E-state index contributed by atoms with van der Waals surface area (Å²) in [5, 5.41) is 3.63. The Morgan fingerprint density at radius 3 is 2.33 bits per heavy atom. The molecule has 3 N–H and O–H groups in total. The molecule has 258 valence electrons. The maximum Gasteiger partial charge on any atom is 0.252 e. The monoisotopic (exact) mass is 674 g/mol. The van der Waals surface area contributed by atoms with Crippen LogP contribution in [0.4, 0.5) is 13.2 Å². The average Bonchev–Trinajstić information content (AvgIpc) is 3.94. The van der Waals surface area contributed by atoms with E-state index >= 15 is 0 Å². The fourth-order valence-electron chi connectivity index (χ4n) is 6.79. The first-order valence-electron chi connectivity index (χ1n) is 16.9. The maximum atomic E-state index is 14.6. The average molecular weight is 675 g/mol. The predicted octanol–water partition coefficient (Wildman–Crippen LogP) is 5.29. The van der Waals surface area contributed by atoms with Gasteiger partial charge in [0.25, 0.3) is 5.91 Å². The van der Waals surface area contributed by atoms with Crippen LogP contribution in [0.25, 0.3) is 5.57 Å². The molecule has 2 heterocycles. The first kappa shape index (κ1) is 34.2. The van der Waals surface area contributed by atoms with E-state index in [0.29, 0.717) is 50.9 Å². The van der Waals surface area contributed by atoms with E-state index in [1.54, 1.807) is 0 Å². The molecule has 2 aliphatic heterocycles. The van der Waals surface area contributed by atoms with E-state index in [4.69, 9.17) is 10.5 Å². The molecule has 8 nitrogen and oxygen atoms in total. The molecule has 1 saturated heterocycles. The molecule has 3 aliphatic rings. The van der Waals surface area contributed by atoms with E-state index < -0.39 is 29.1 Å². The molecule has 3 aromatic rings. The molecule has 0 aromatic heterocycles. The van der Waals surface area contributed by atoms with Gasteiger partial charge in [0.05, 0.1) is 12.6 Å². The Hall–Kier alpha value is -4.64. The number of carbonyl (C=O) groups excluding carboxylic acids is 3. The van der Waals surface area contributed by atoms with Gasteiger partial charge < -0.3 is 25.6 Å². The van der Waals surface area contributed by atoms with E-state index in [1.807, 2.05) is 64.4 Å². The number of fused-ring (bicyclic) bond motifs is 2. The Kier molecular flexibility index (Phi) is 10.7. The van der Waals surface area contributed by atoms with Gasteiger partial charge in [-0.1, -0.05) is 54.6 Å². The quantitative estimate of drug-likeness (QED) is 0.179. The number of nitrogens with two attached hydrogens (primary N) is 1. The summed E-state index contributed by atoms with van der Waals surface area (Å²) in [5.41, 5.74) is 9.88. The fourth-order valence-corrected chi connectivity index (χ4v) is 6.79. The second-order valence-electron chi connectivity index (χ2n) is 13.1. The largest absolute Gasteiger partial charge is 0.488 e. The van der Waals surface area contributed by atoms with Crippen molar-refractivity contribution < 1.29 is 32.3 Å². The molecule has 1 aliphatic carbocycles. The Balaban J connectivity index is 1.21. The first-order chi connectivity index (χ1) is 23.7. The van der Waals surface area contributed by atoms with Gasteiger partial charge in [-0.15, -0.1) is 0 Å². The lowest BCUT2D eigenvalue weighted by Crippen LogP contribution is -2.62. The number of piperazine rings is 1. The van der Waals surface area contributed by atoms with Gasteiger partial charge in [0, 0.05) is 50.1 Å². The Morgan fingerprint density at radius 2 is 1.61 bits per heavy atom. The van der Waals surface area contributed by atoms with Crippen LogP contribution < -0.4 is 15.8 Å². The summed E-state index contributed by atoms with van der Waals surface area (Å²) in [4.78, 5) is 42.8. The number of carbonyl (C=O) groups is 3. The zero-order chi connectivity index (χ0) is 34.5. The second kappa shape index (κ2) is 15.3. The summed E-state index contributed by atoms with van der Waals surface area (Å²) in [5.74, 6) is -4.68. The molecular weight excluding hydrogens is 633 g/mol. The number of nitrogens with one attached hydrogen (secondary N) is 1. The molecule has 2 bridgehead atoms. The van der Waals surface area contributed by atoms with Crippen LogP contribution in [0.3, 0.4) is 0 Å². The molecule has 11 heteroatoms. The van der Waals surface area contributed by atoms with Crippen LogP contribution >= 0.6 is 0 Å². The first-order valence-corrected chi connectivity index (χ1v) is 16.9. The van der Waals surface area contributed by atoms with Crippen molar-refractivity contribution in [3.8, 4) is 5.75 Å². The number of hydrogen-bond acceptors (Lipinski definition) is 5. The second-order valence-corrected chi connectivity index (χ2v) is 13.1. The lowest BCUT2D eigenvalue weighted by Gasteiger charge is -2.45. The summed E-state index contributed by atoms with van der Waals surface area (Å²) in [7, 11) is 0. The molecule has 0 radical (unpaired) electrons. The molecular formula is C38H41F3N4O4. The number of nitrogens with zero attached hydrogens (tertiary/aromatic N) is 2.